The molecule has 0 atom stereocenters. The van der Waals surface area contributed by atoms with Crippen LogP contribution in [0.3, 0.4) is 0 Å². The van der Waals surface area contributed by atoms with Crippen LogP contribution in [0.25, 0.3) is 6.08 Å². The molecular weight excluding hydrogens is 328 g/mol. The monoisotopic (exact) mass is 346 g/mol. The summed E-state index contributed by atoms with van der Waals surface area (Å²) in [5.74, 6) is -0.361. The molecule has 0 saturated heterocycles. The second-order valence-electron chi connectivity index (χ2n) is 6.41. The predicted octanol–water partition coefficient (Wildman–Crippen LogP) is 3.69. The molecule has 0 bridgehead atoms. The van der Waals surface area contributed by atoms with Gasteiger partial charge in [-0.3, -0.25) is 20.2 Å². The van der Waals surface area contributed by atoms with Gasteiger partial charge in [0, 0.05) is 24.6 Å². The second kappa shape index (κ2) is 7.31. The lowest BCUT2D eigenvalue weighted by Crippen LogP contribution is -2.08. The number of aromatic nitrogens is 2. The lowest BCUT2D eigenvalue weighted by Gasteiger charge is -2.14. The molecule has 0 aliphatic heterocycles. The van der Waals surface area contributed by atoms with E-state index in [1.807, 2.05) is 0 Å². The zero-order valence-electron chi connectivity index (χ0n) is 13.6. The van der Waals surface area contributed by atoms with Gasteiger partial charge in [0.15, 0.2) is 0 Å². The molecule has 1 amide bonds. The van der Waals surface area contributed by atoms with E-state index in [0.717, 1.165) is 11.4 Å². The Morgan fingerprint density at radius 3 is 2.79 bits per heavy atom. The molecule has 2 rings (SSSR count). The highest BCUT2D eigenvalue weighted by molar-refractivity contribution is 7.15. The molecule has 0 aliphatic carbocycles. The zero-order chi connectivity index (χ0) is 17.7. The summed E-state index contributed by atoms with van der Waals surface area (Å²) < 4.78 is 0. The summed E-state index contributed by atoms with van der Waals surface area (Å²) in [6.45, 7) is 6.32. The van der Waals surface area contributed by atoms with E-state index in [4.69, 9.17) is 0 Å². The number of hydrogen-bond donors (Lipinski definition) is 1. The fraction of sp³-hybridized carbons (Fsp3) is 0.312. The third-order valence-electron chi connectivity index (χ3n) is 2.89. The summed E-state index contributed by atoms with van der Waals surface area (Å²) >= 11 is 1.34. The summed E-state index contributed by atoms with van der Waals surface area (Å²) in [4.78, 5) is 22.2. The van der Waals surface area contributed by atoms with Crippen molar-refractivity contribution in [2.24, 2.45) is 5.41 Å². The number of nitrogens with zero attached hydrogens (tertiary/aromatic N) is 3. The number of carbonyl (C=O) groups excluding carboxylic acids is 1. The maximum absolute atomic E-state index is 11.9. The lowest BCUT2D eigenvalue weighted by molar-refractivity contribution is -0.384. The molecule has 1 heterocycles. The molecule has 1 aromatic carbocycles. The van der Waals surface area contributed by atoms with E-state index in [1.165, 1.54) is 35.6 Å². The first kappa shape index (κ1) is 17.7. The molecule has 0 unspecified atom stereocenters. The first-order chi connectivity index (χ1) is 11.2. The number of anilines is 1. The quantitative estimate of drug-likeness (QED) is 0.506. The average molecular weight is 346 g/mol. The zero-order valence-corrected chi connectivity index (χ0v) is 14.5. The molecule has 2 aromatic rings. The van der Waals surface area contributed by atoms with Gasteiger partial charge >= 0.3 is 0 Å². The Morgan fingerprint density at radius 1 is 1.38 bits per heavy atom. The highest BCUT2D eigenvalue weighted by Crippen LogP contribution is 2.24. The SMILES string of the molecule is CC(C)(C)Cc1nnc(NC(=O)C=Cc2cccc([N+](=O)[O-])c2)s1. The van der Waals surface area contributed by atoms with Gasteiger partial charge in [0.05, 0.1) is 4.92 Å². The van der Waals surface area contributed by atoms with Crippen LogP contribution >= 0.6 is 11.3 Å². The highest BCUT2D eigenvalue weighted by atomic mass is 32.1. The van der Waals surface area contributed by atoms with Gasteiger partial charge in [0.25, 0.3) is 5.69 Å². The number of nitro groups is 1. The molecule has 0 spiro atoms. The summed E-state index contributed by atoms with van der Waals surface area (Å²) in [6.07, 6.45) is 3.60. The molecule has 8 heteroatoms. The van der Waals surface area contributed by atoms with E-state index >= 15 is 0 Å². The van der Waals surface area contributed by atoms with Gasteiger partial charge in [-0.2, -0.15) is 0 Å². The van der Waals surface area contributed by atoms with Gasteiger partial charge in [-0.05, 0) is 17.1 Å². The Hall–Kier alpha value is -2.61. The van der Waals surface area contributed by atoms with Crippen LogP contribution in [0.1, 0.15) is 31.3 Å². The Labute approximate surface area is 143 Å². The van der Waals surface area contributed by atoms with Gasteiger partial charge in [-0.1, -0.05) is 44.2 Å². The van der Waals surface area contributed by atoms with E-state index in [9.17, 15) is 14.9 Å². The minimum Gasteiger partial charge on any atom is -0.297 e. The maximum Gasteiger partial charge on any atom is 0.270 e. The fourth-order valence-electron chi connectivity index (χ4n) is 1.89. The Morgan fingerprint density at radius 2 is 2.12 bits per heavy atom. The van der Waals surface area contributed by atoms with E-state index < -0.39 is 4.92 Å². The van der Waals surface area contributed by atoms with Crippen LogP contribution in [0.2, 0.25) is 0 Å². The number of nitrogens with one attached hydrogen (secondary N) is 1. The summed E-state index contributed by atoms with van der Waals surface area (Å²) in [5, 5.41) is 22.7. The van der Waals surface area contributed by atoms with Crippen molar-refractivity contribution in [1.82, 2.24) is 10.2 Å². The lowest BCUT2D eigenvalue weighted by atomic mass is 9.93. The largest absolute Gasteiger partial charge is 0.297 e. The number of benzene rings is 1. The average Bonchev–Trinajstić information content (AvgIpc) is 2.90. The minimum absolute atomic E-state index is 0.0199. The van der Waals surface area contributed by atoms with E-state index in [2.05, 4.69) is 36.3 Å². The van der Waals surface area contributed by atoms with Crippen LogP contribution in [0.15, 0.2) is 30.3 Å². The van der Waals surface area contributed by atoms with Crippen LogP contribution in [-0.2, 0) is 11.2 Å². The highest BCUT2D eigenvalue weighted by Gasteiger charge is 2.15. The topological polar surface area (TPSA) is 98.0 Å². The van der Waals surface area contributed by atoms with Crippen molar-refractivity contribution in [2.45, 2.75) is 27.2 Å². The van der Waals surface area contributed by atoms with Crippen LogP contribution in [0.4, 0.5) is 10.8 Å². The first-order valence-electron chi connectivity index (χ1n) is 7.29. The molecule has 7 nitrogen and oxygen atoms in total. The van der Waals surface area contributed by atoms with Gasteiger partial charge in [-0.15, -0.1) is 10.2 Å². The minimum atomic E-state index is -0.477. The Bertz CT molecular complexity index is 778. The number of nitro benzene ring substituents is 1. The van der Waals surface area contributed by atoms with Gasteiger partial charge in [-0.25, -0.2) is 0 Å². The molecule has 24 heavy (non-hydrogen) atoms. The number of non-ortho nitro benzene ring substituents is 1. The summed E-state index contributed by atoms with van der Waals surface area (Å²) in [5.41, 5.74) is 0.654. The van der Waals surface area contributed by atoms with E-state index in [0.29, 0.717) is 10.7 Å². The predicted molar refractivity (Wildman–Crippen MR) is 93.8 cm³/mol. The van der Waals surface area contributed by atoms with Gasteiger partial charge in [0.1, 0.15) is 5.01 Å². The van der Waals surface area contributed by atoms with Crippen LogP contribution in [0.5, 0.6) is 0 Å². The molecule has 0 aliphatic rings. The molecular formula is C16H18N4O3S. The van der Waals surface area contributed by atoms with Gasteiger partial charge < -0.3 is 0 Å². The molecule has 1 N–H and O–H groups in total. The van der Waals surface area contributed by atoms with E-state index in [1.54, 1.807) is 12.1 Å². The van der Waals surface area contributed by atoms with Crippen molar-refractivity contribution in [3.8, 4) is 0 Å². The first-order valence-corrected chi connectivity index (χ1v) is 8.10. The smallest absolute Gasteiger partial charge is 0.270 e. The van der Waals surface area contributed by atoms with Crippen LogP contribution in [0, 0.1) is 15.5 Å². The van der Waals surface area contributed by atoms with Crippen molar-refractivity contribution in [3.63, 3.8) is 0 Å². The second-order valence-corrected chi connectivity index (χ2v) is 7.48. The third kappa shape index (κ3) is 5.54. The van der Waals surface area contributed by atoms with Crippen molar-refractivity contribution in [3.05, 3.63) is 51.0 Å². The number of rotatable bonds is 5. The summed E-state index contributed by atoms with van der Waals surface area (Å²) in [6, 6.07) is 6.05. The molecule has 1 aromatic heterocycles. The Balaban J connectivity index is 1.98. The Kier molecular flexibility index (Phi) is 5.40. The number of hydrogen-bond acceptors (Lipinski definition) is 6. The van der Waals surface area contributed by atoms with E-state index in [-0.39, 0.29) is 17.0 Å². The number of carbonyl (C=O) groups is 1. The van der Waals surface area contributed by atoms with Crippen LogP contribution < -0.4 is 5.32 Å². The molecule has 0 radical (unpaired) electrons. The standard InChI is InChI=1S/C16H18N4O3S/c1-16(2,3)10-14-18-19-15(24-14)17-13(21)8-7-11-5-4-6-12(9-11)20(22)23/h4-9H,10H2,1-3H3,(H,17,19,21). The third-order valence-corrected chi connectivity index (χ3v) is 3.73. The van der Waals surface area contributed by atoms with Crippen LogP contribution in [-0.4, -0.2) is 21.0 Å². The maximum atomic E-state index is 11.9. The molecule has 126 valence electrons. The summed E-state index contributed by atoms with van der Waals surface area (Å²) in [7, 11) is 0. The van der Waals surface area contributed by atoms with Crippen molar-refractivity contribution < 1.29 is 9.72 Å². The fourth-order valence-corrected chi connectivity index (χ4v) is 2.93. The molecule has 0 fully saturated rings. The van der Waals surface area contributed by atoms with Crippen molar-refractivity contribution in [2.75, 3.05) is 5.32 Å². The van der Waals surface area contributed by atoms with Crippen molar-refractivity contribution in [1.29, 1.82) is 0 Å². The molecule has 0 saturated carbocycles. The van der Waals surface area contributed by atoms with Crippen molar-refractivity contribution >= 4 is 34.1 Å². The normalized spacial score (nSPS) is 11.6. The van der Waals surface area contributed by atoms with Gasteiger partial charge in [0.2, 0.25) is 11.0 Å². The number of amides is 1.